The maximum Gasteiger partial charge on any atom is 0.257 e. The molecule has 1 amide bonds. The fraction of sp³-hybridized carbons (Fsp3) is 0.273. The average Bonchev–Trinajstić information content (AvgIpc) is 3.54. The predicted octanol–water partition coefficient (Wildman–Crippen LogP) is 4.31. The quantitative estimate of drug-likeness (QED) is 0.493. The molecule has 0 N–H and O–H groups in total. The Morgan fingerprint density at radius 3 is 2.80 bits per heavy atom. The van der Waals surface area contributed by atoms with Crippen LogP contribution in [0.4, 0.5) is 0 Å². The minimum atomic E-state index is -0.0125. The third-order valence-corrected chi connectivity index (χ3v) is 6.20. The van der Waals surface area contributed by atoms with Crippen LogP contribution in [0.3, 0.4) is 0 Å². The molecule has 0 radical (unpaired) electrons. The number of hydrogen-bond donors (Lipinski definition) is 0. The van der Waals surface area contributed by atoms with Crippen LogP contribution in [0.5, 0.6) is 0 Å². The van der Waals surface area contributed by atoms with Gasteiger partial charge in [0.2, 0.25) is 5.89 Å². The minimum Gasteiger partial charge on any atom is -0.339 e. The molecule has 0 saturated carbocycles. The first-order valence-corrected chi connectivity index (χ1v) is 10.9. The van der Waals surface area contributed by atoms with E-state index in [0.29, 0.717) is 30.4 Å². The molecule has 1 aromatic carbocycles. The zero-order valence-corrected chi connectivity index (χ0v) is 17.4. The fourth-order valence-corrected chi connectivity index (χ4v) is 4.57. The second kappa shape index (κ2) is 7.87. The number of amides is 1. The van der Waals surface area contributed by atoms with Crippen LogP contribution in [0.15, 0.2) is 58.6 Å². The highest BCUT2D eigenvalue weighted by molar-refractivity contribution is 7.13. The van der Waals surface area contributed by atoms with E-state index in [0.717, 1.165) is 29.1 Å². The molecule has 0 spiro atoms. The molecular weight excluding hydrogens is 398 g/mol. The van der Waals surface area contributed by atoms with E-state index < -0.39 is 0 Å². The largest absolute Gasteiger partial charge is 0.339 e. The number of aryl methyl sites for hydroxylation is 1. The molecule has 4 heterocycles. The number of carbonyl (C=O) groups excluding carboxylic acids is 1. The number of rotatable bonds is 4. The molecule has 1 fully saturated rings. The highest BCUT2D eigenvalue weighted by Crippen LogP contribution is 2.31. The number of piperidine rings is 1. The van der Waals surface area contributed by atoms with Crippen molar-refractivity contribution in [1.29, 1.82) is 0 Å². The van der Waals surface area contributed by atoms with Crippen molar-refractivity contribution in [1.82, 2.24) is 24.8 Å². The van der Waals surface area contributed by atoms with Gasteiger partial charge in [-0.1, -0.05) is 29.4 Å². The molecule has 1 saturated heterocycles. The molecule has 5 rings (SSSR count). The lowest BCUT2D eigenvalue weighted by Crippen LogP contribution is -2.39. The van der Waals surface area contributed by atoms with Crippen molar-refractivity contribution in [2.24, 2.45) is 0 Å². The standard InChI is InChI=1S/C22H21N5O2S/c1-15-23-21(29-25-15)16-7-5-11-26(13-16)22(28)18-14-27(17-8-3-2-4-9-17)24-20(18)19-10-6-12-30-19/h2-4,6,8-10,12,14,16H,5,7,11,13H2,1H3. The smallest absolute Gasteiger partial charge is 0.257 e. The summed E-state index contributed by atoms with van der Waals surface area (Å²) in [5, 5.41) is 10.7. The van der Waals surface area contributed by atoms with Crippen LogP contribution in [-0.2, 0) is 0 Å². The highest BCUT2D eigenvalue weighted by Gasteiger charge is 2.31. The topological polar surface area (TPSA) is 77.0 Å². The summed E-state index contributed by atoms with van der Waals surface area (Å²) in [6.07, 6.45) is 3.68. The van der Waals surface area contributed by atoms with Crippen LogP contribution >= 0.6 is 11.3 Å². The molecular formula is C22H21N5O2S. The van der Waals surface area contributed by atoms with Crippen LogP contribution in [0.25, 0.3) is 16.3 Å². The molecule has 7 nitrogen and oxygen atoms in total. The number of aromatic nitrogens is 4. The fourth-order valence-electron chi connectivity index (χ4n) is 3.85. The van der Waals surface area contributed by atoms with Gasteiger partial charge in [0.15, 0.2) is 5.82 Å². The molecule has 0 bridgehead atoms. The van der Waals surface area contributed by atoms with Crippen molar-refractivity contribution in [2.45, 2.75) is 25.7 Å². The summed E-state index contributed by atoms with van der Waals surface area (Å²) < 4.78 is 7.15. The minimum absolute atomic E-state index is 0.0125. The monoisotopic (exact) mass is 419 g/mol. The molecule has 1 aliphatic rings. The molecule has 8 heteroatoms. The summed E-state index contributed by atoms with van der Waals surface area (Å²) in [6, 6.07) is 13.8. The van der Waals surface area contributed by atoms with Crippen molar-refractivity contribution in [3.63, 3.8) is 0 Å². The molecule has 1 aliphatic heterocycles. The normalized spacial score (nSPS) is 16.7. The highest BCUT2D eigenvalue weighted by atomic mass is 32.1. The molecule has 152 valence electrons. The van der Waals surface area contributed by atoms with Crippen molar-refractivity contribution in [3.05, 3.63) is 71.3 Å². The molecule has 0 aliphatic carbocycles. The van der Waals surface area contributed by atoms with Crippen LogP contribution < -0.4 is 0 Å². The SMILES string of the molecule is Cc1noc(C2CCCN(C(=O)c3cn(-c4ccccc4)nc3-c3cccs3)C2)n1. The number of carbonyl (C=O) groups is 1. The van der Waals surface area contributed by atoms with Gasteiger partial charge in [-0.3, -0.25) is 4.79 Å². The van der Waals surface area contributed by atoms with Crippen molar-refractivity contribution in [3.8, 4) is 16.3 Å². The van der Waals surface area contributed by atoms with E-state index in [-0.39, 0.29) is 11.8 Å². The van der Waals surface area contributed by atoms with E-state index in [1.165, 1.54) is 0 Å². The van der Waals surface area contributed by atoms with Gasteiger partial charge in [-0.25, -0.2) is 4.68 Å². The maximum atomic E-state index is 13.6. The second-order valence-corrected chi connectivity index (χ2v) is 8.37. The lowest BCUT2D eigenvalue weighted by molar-refractivity contribution is 0.0696. The number of hydrogen-bond acceptors (Lipinski definition) is 6. The van der Waals surface area contributed by atoms with Gasteiger partial charge >= 0.3 is 0 Å². The molecule has 3 aromatic heterocycles. The maximum absolute atomic E-state index is 13.6. The van der Waals surface area contributed by atoms with Gasteiger partial charge in [-0.15, -0.1) is 11.3 Å². The summed E-state index contributed by atoms with van der Waals surface area (Å²) in [6.45, 7) is 3.09. The van der Waals surface area contributed by atoms with Crippen LogP contribution in [-0.4, -0.2) is 43.8 Å². The first kappa shape index (κ1) is 18.7. The summed E-state index contributed by atoms with van der Waals surface area (Å²) >= 11 is 1.58. The van der Waals surface area contributed by atoms with Crippen molar-refractivity contribution >= 4 is 17.2 Å². The van der Waals surface area contributed by atoms with Gasteiger partial charge in [-0.2, -0.15) is 10.1 Å². The number of benzene rings is 1. The Morgan fingerprint density at radius 1 is 1.20 bits per heavy atom. The Morgan fingerprint density at radius 2 is 2.07 bits per heavy atom. The number of likely N-dealkylation sites (tertiary alicyclic amines) is 1. The van der Waals surface area contributed by atoms with E-state index >= 15 is 0 Å². The average molecular weight is 420 g/mol. The lowest BCUT2D eigenvalue weighted by Gasteiger charge is -2.31. The van der Waals surface area contributed by atoms with E-state index in [9.17, 15) is 4.79 Å². The van der Waals surface area contributed by atoms with Gasteiger partial charge in [0.05, 0.1) is 22.0 Å². The molecule has 30 heavy (non-hydrogen) atoms. The van der Waals surface area contributed by atoms with Crippen LogP contribution in [0.2, 0.25) is 0 Å². The lowest BCUT2D eigenvalue weighted by atomic mass is 9.97. The van der Waals surface area contributed by atoms with E-state index in [1.807, 2.05) is 65.9 Å². The van der Waals surface area contributed by atoms with E-state index in [1.54, 1.807) is 16.0 Å². The van der Waals surface area contributed by atoms with E-state index in [2.05, 4.69) is 10.1 Å². The Hall–Kier alpha value is -3.26. The van der Waals surface area contributed by atoms with E-state index in [4.69, 9.17) is 9.62 Å². The summed E-state index contributed by atoms with van der Waals surface area (Å²) in [7, 11) is 0. The van der Waals surface area contributed by atoms with Gasteiger partial charge < -0.3 is 9.42 Å². The van der Waals surface area contributed by atoms with Gasteiger partial charge in [0, 0.05) is 19.3 Å². The Balaban J connectivity index is 1.48. The van der Waals surface area contributed by atoms with Crippen molar-refractivity contribution in [2.75, 3.05) is 13.1 Å². The molecule has 1 atom stereocenters. The predicted molar refractivity (Wildman–Crippen MR) is 114 cm³/mol. The Kier molecular flexibility index (Phi) is 4.92. The second-order valence-electron chi connectivity index (χ2n) is 7.42. The Labute approximate surface area is 178 Å². The summed E-state index contributed by atoms with van der Waals surface area (Å²) in [4.78, 5) is 20.8. The zero-order chi connectivity index (χ0) is 20.5. The van der Waals surface area contributed by atoms with Gasteiger partial charge in [0.1, 0.15) is 5.69 Å². The first-order valence-electron chi connectivity index (χ1n) is 9.97. The van der Waals surface area contributed by atoms with Crippen molar-refractivity contribution < 1.29 is 9.32 Å². The third kappa shape index (κ3) is 3.54. The van der Waals surface area contributed by atoms with Gasteiger partial charge in [-0.05, 0) is 43.3 Å². The number of nitrogens with zero attached hydrogens (tertiary/aromatic N) is 5. The van der Waals surface area contributed by atoms with Crippen LogP contribution in [0.1, 0.15) is 40.8 Å². The van der Waals surface area contributed by atoms with Gasteiger partial charge in [0.25, 0.3) is 5.91 Å². The Bertz CT molecular complexity index is 1150. The molecule has 4 aromatic rings. The summed E-state index contributed by atoms with van der Waals surface area (Å²) in [5.41, 5.74) is 2.26. The summed E-state index contributed by atoms with van der Waals surface area (Å²) in [5.74, 6) is 1.29. The first-order chi connectivity index (χ1) is 14.7. The number of para-hydroxylation sites is 1. The third-order valence-electron chi connectivity index (χ3n) is 5.32. The molecule has 1 unspecified atom stereocenters. The van der Waals surface area contributed by atoms with Crippen LogP contribution in [0, 0.1) is 6.92 Å². The zero-order valence-electron chi connectivity index (χ0n) is 16.6. The number of thiophene rings is 1.